The first-order valence-electron chi connectivity index (χ1n) is 18.3. The predicted octanol–water partition coefficient (Wildman–Crippen LogP) is 13.4. The Balaban J connectivity index is 1.18. The van der Waals surface area contributed by atoms with E-state index >= 15 is 0 Å². The molecule has 0 fully saturated rings. The molecule has 0 saturated heterocycles. The number of rotatable bonds is 4. The summed E-state index contributed by atoms with van der Waals surface area (Å²) < 4.78 is 9.35. The van der Waals surface area contributed by atoms with Crippen molar-refractivity contribution in [1.82, 2.24) is 9.55 Å². The van der Waals surface area contributed by atoms with Crippen molar-refractivity contribution in [2.75, 3.05) is 0 Å². The molecule has 3 heteroatoms. The van der Waals surface area contributed by atoms with E-state index < -0.39 is 0 Å². The van der Waals surface area contributed by atoms with Gasteiger partial charge in [-0.15, -0.1) is 0 Å². The Kier molecular flexibility index (Phi) is 6.30. The molecule has 7 aromatic carbocycles. The van der Waals surface area contributed by atoms with E-state index in [0.717, 1.165) is 55.8 Å². The maximum absolute atomic E-state index is 6.88. The van der Waals surface area contributed by atoms with Crippen molar-refractivity contribution in [3.8, 4) is 50.5 Å². The van der Waals surface area contributed by atoms with Crippen LogP contribution in [-0.2, 0) is 5.41 Å². The Bertz CT molecular complexity index is 3000. The number of para-hydroxylation sites is 2. The first-order valence-corrected chi connectivity index (χ1v) is 18.3. The monoisotopic (exact) mass is 678 g/mol. The summed E-state index contributed by atoms with van der Waals surface area (Å²) in [6.45, 7) is 4.76. The smallest absolute Gasteiger partial charge is 0.146 e. The summed E-state index contributed by atoms with van der Waals surface area (Å²) in [6, 6.07) is 60.6. The molecule has 1 aliphatic rings. The molecular formula is C50H34N2O. The first kappa shape index (κ1) is 30.0. The zero-order valence-corrected chi connectivity index (χ0v) is 29.5. The summed E-state index contributed by atoms with van der Waals surface area (Å²) in [5.41, 5.74) is 16.8. The van der Waals surface area contributed by atoms with E-state index in [2.05, 4.69) is 182 Å². The standard InChI is InChI=1S/C50H34N2O/c1-50(2)39-22-12-9-19-36(39)44-45-38-21-11-14-24-43(38)53-49(45)46-37-20-10-13-23-42(37)52(48(46)47(44)50)35-27-25-33(26-28-35)41-30-34(31-15-5-3-6-16-31)29-40(51-41)32-17-7-4-8-18-32/h3-30H,1-2H3. The Morgan fingerprint density at radius 1 is 0.528 bits per heavy atom. The van der Waals surface area contributed by atoms with Crippen LogP contribution in [-0.4, -0.2) is 9.55 Å². The van der Waals surface area contributed by atoms with Crippen LogP contribution < -0.4 is 0 Å². The van der Waals surface area contributed by atoms with Crippen LogP contribution in [0.15, 0.2) is 174 Å². The number of nitrogens with zero attached hydrogens (tertiary/aromatic N) is 2. The van der Waals surface area contributed by atoms with Crippen molar-refractivity contribution in [2.45, 2.75) is 19.3 Å². The average molecular weight is 679 g/mol. The lowest BCUT2D eigenvalue weighted by atomic mass is 9.81. The molecule has 3 nitrogen and oxygen atoms in total. The van der Waals surface area contributed by atoms with Gasteiger partial charge < -0.3 is 8.98 Å². The molecule has 3 heterocycles. The third-order valence-electron chi connectivity index (χ3n) is 11.4. The number of pyridine rings is 1. The van der Waals surface area contributed by atoms with E-state index in [4.69, 9.17) is 9.40 Å². The van der Waals surface area contributed by atoms with Crippen LogP contribution in [0, 0.1) is 0 Å². The van der Waals surface area contributed by atoms with Gasteiger partial charge in [0.25, 0.3) is 0 Å². The molecule has 0 aliphatic heterocycles. The minimum atomic E-state index is -0.238. The number of hydrogen-bond acceptors (Lipinski definition) is 2. The van der Waals surface area contributed by atoms with Crippen LogP contribution in [0.4, 0.5) is 0 Å². The summed E-state index contributed by atoms with van der Waals surface area (Å²) >= 11 is 0. The van der Waals surface area contributed by atoms with Crippen LogP contribution in [0.3, 0.4) is 0 Å². The van der Waals surface area contributed by atoms with Gasteiger partial charge in [-0.05, 0) is 69.8 Å². The fourth-order valence-electron chi connectivity index (χ4n) is 8.96. The molecule has 0 radical (unpaired) electrons. The lowest BCUT2D eigenvalue weighted by Gasteiger charge is -2.24. The topological polar surface area (TPSA) is 31.0 Å². The molecule has 10 aromatic rings. The molecule has 1 aliphatic carbocycles. The predicted molar refractivity (Wildman–Crippen MR) is 220 cm³/mol. The molecule has 11 rings (SSSR count). The van der Waals surface area contributed by atoms with Gasteiger partial charge in [-0.25, -0.2) is 4.98 Å². The number of furan rings is 1. The van der Waals surface area contributed by atoms with Crippen molar-refractivity contribution >= 4 is 43.7 Å². The number of hydrogen-bond donors (Lipinski definition) is 0. The highest BCUT2D eigenvalue weighted by Crippen LogP contribution is 2.57. The fourth-order valence-corrected chi connectivity index (χ4v) is 8.96. The Hall–Kier alpha value is -6.71. The number of benzene rings is 7. The quantitative estimate of drug-likeness (QED) is 0.185. The van der Waals surface area contributed by atoms with Crippen molar-refractivity contribution in [3.05, 3.63) is 181 Å². The molecule has 53 heavy (non-hydrogen) atoms. The van der Waals surface area contributed by atoms with Gasteiger partial charge in [-0.3, -0.25) is 0 Å². The molecule has 0 bridgehead atoms. The molecular weight excluding hydrogens is 645 g/mol. The second-order valence-electron chi connectivity index (χ2n) is 14.7. The third kappa shape index (κ3) is 4.31. The maximum Gasteiger partial charge on any atom is 0.146 e. The summed E-state index contributed by atoms with van der Waals surface area (Å²) in [5, 5.41) is 4.72. The highest BCUT2D eigenvalue weighted by molar-refractivity contribution is 6.30. The molecule has 0 saturated carbocycles. The van der Waals surface area contributed by atoms with Crippen LogP contribution in [0.25, 0.3) is 94.2 Å². The van der Waals surface area contributed by atoms with Gasteiger partial charge in [0.15, 0.2) is 0 Å². The van der Waals surface area contributed by atoms with Crippen LogP contribution in [0.2, 0.25) is 0 Å². The van der Waals surface area contributed by atoms with E-state index in [1.165, 1.54) is 49.5 Å². The van der Waals surface area contributed by atoms with Crippen molar-refractivity contribution in [2.24, 2.45) is 0 Å². The molecule has 0 N–H and O–H groups in total. The maximum atomic E-state index is 6.88. The molecule has 250 valence electrons. The minimum Gasteiger partial charge on any atom is -0.455 e. The molecule has 3 aromatic heterocycles. The molecule has 0 unspecified atom stereocenters. The van der Waals surface area contributed by atoms with E-state index in [1.54, 1.807) is 0 Å². The normalized spacial score (nSPS) is 13.2. The highest BCUT2D eigenvalue weighted by atomic mass is 16.3. The summed E-state index contributed by atoms with van der Waals surface area (Å²) in [4.78, 5) is 5.22. The molecule has 0 amide bonds. The van der Waals surface area contributed by atoms with Gasteiger partial charge in [-0.1, -0.05) is 147 Å². The second-order valence-corrected chi connectivity index (χ2v) is 14.7. The highest BCUT2D eigenvalue weighted by Gasteiger charge is 2.41. The van der Waals surface area contributed by atoms with Crippen LogP contribution in [0.1, 0.15) is 25.0 Å². The van der Waals surface area contributed by atoms with E-state index in [-0.39, 0.29) is 5.41 Å². The van der Waals surface area contributed by atoms with Gasteiger partial charge in [-0.2, -0.15) is 0 Å². The van der Waals surface area contributed by atoms with Gasteiger partial charge in [0.2, 0.25) is 0 Å². The number of fused-ring (bicyclic) bond motifs is 12. The van der Waals surface area contributed by atoms with Gasteiger partial charge in [0.1, 0.15) is 11.2 Å². The summed E-state index contributed by atoms with van der Waals surface area (Å²) in [7, 11) is 0. The van der Waals surface area contributed by atoms with Gasteiger partial charge in [0.05, 0.1) is 27.8 Å². The Morgan fingerprint density at radius 2 is 1.13 bits per heavy atom. The Morgan fingerprint density at radius 3 is 1.89 bits per heavy atom. The fraction of sp³-hybridized carbons (Fsp3) is 0.0600. The Labute approximate surface area is 307 Å². The largest absolute Gasteiger partial charge is 0.455 e. The van der Waals surface area contributed by atoms with E-state index in [1.807, 2.05) is 6.07 Å². The third-order valence-corrected chi connectivity index (χ3v) is 11.4. The number of aromatic nitrogens is 2. The lowest BCUT2D eigenvalue weighted by Crippen LogP contribution is -2.16. The zero-order valence-electron chi connectivity index (χ0n) is 29.5. The van der Waals surface area contributed by atoms with Crippen LogP contribution >= 0.6 is 0 Å². The molecule has 0 atom stereocenters. The van der Waals surface area contributed by atoms with E-state index in [9.17, 15) is 0 Å². The SMILES string of the molecule is CC1(C)c2ccccc2-c2c1c1c(c3ccccc3n1-c1ccc(-c3cc(-c4ccccc4)cc(-c4ccccc4)n3)cc1)c1oc3ccccc3c21. The zero-order chi connectivity index (χ0) is 35.3. The van der Waals surface area contributed by atoms with Crippen molar-refractivity contribution in [3.63, 3.8) is 0 Å². The molecule has 0 spiro atoms. The van der Waals surface area contributed by atoms with Crippen molar-refractivity contribution in [1.29, 1.82) is 0 Å². The summed E-state index contributed by atoms with van der Waals surface area (Å²) in [6.07, 6.45) is 0. The van der Waals surface area contributed by atoms with Crippen LogP contribution in [0.5, 0.6) is 0 Å². The van der Waals surface area contributed by atoms with Gasteiger partial charge in [0, 0.05) is 38.4 Å². The first-order chi connectivity index (χ1) is 26.1. The average Bonchev–Trinajstić information content (AvgIpc) is 3.84. The van der Waals surface area contributed by atoms with E-state index in [0.29, 0.717) is 0 Å². The lowest BCUT2D eigenvalue weighted by molar-refractivity contribution is 0.662. The minimum absolute atomic E-state index is 0.238. The second kappa shape index (κ2) is 11.1. The van der Waals surface area contributed by atoms with Gasteiger partial charge >= 0.3 is 0 Å². The summed E-state index contributed by atoms with van der Waals surface area (Å²) in [5.74, 6) is 0. The van der Waals surface area contributed by atoms with Crippen molar-refractivity contribution < 1.29 is 4.42 Å².